The molecule has 1 aromatic rings. The third-order valence-electron chi connectivity index (χ3n) is 3.03. The second kappa shape index (κ2) is 4.85. The fourth-order valence-corrected chi connectivity index (χ4v) is 2.07. The third-order valence-corrected chi connectivity index (χ3v) is 4.47. The summed E-state index contributed by atoms with van der Waals surface area (Å²) in [5.41, 5.74) is 0.971. The molecule has 5 nitrogen and oxygen atoms in total. The minimum Gasteiger partial charge on any atom is -0.464 e. The Morgan fingerprint density at radius 1 is 1.47 bits per heavy atom. The maximum atomic E-state index is 12.1. The first-order chi connectivity index (χ1) is 8.88. The van der Waals surface area contributed by atoms with Crippen LogP contribution in [0.2, 0.25) is 0 Å². The summed E-state index contributed by atoms with van der Waals surface area (Å²) < 4.78 is 4.66. The standard InChI is InChI=1S/C13H15BrN2O3/c1-7(2)13(14)12(18)16-9-6-8(11(17)15-3)4-5-10(9)19-13/h4-7H,1-3H3,(H,15,17)(H,16,18). The monoisotopic (exact) mass is 326 g/mol. The van der Waals surface area contributed by atoms with Crippen LogP contribution in [-0.2, 0) is 4.79 Å². The van der Waals surface area contributed by atoms with Crippen molar-refractivity contribution < 1.29 is 14.3 Å². The van der Waals surface area contributed by atoms with Gasteiger partial charge in [-0.2, -0.15) is 0 Å². The van der Waals surface area contributed by atoms with Crippen molar-refractivity contribution in [3.63, 3.8) is 0 Å². The number of anilines is 1. The Morgan fingerprint density at radius 3 is 2.74 bits per heavy atom. The van der Waals surface area contributed by atoms with Gasteiger partial charge in [-0.25, -0.2) is 0 Å². The topological polar surface area (TPSA) is 67.4 Å². The highest BCUT2D eigenvalue weighted by atomic mass is 79.9. The zero-order valence-corrected chi connectivity index (χ0v) is 12.5. The average Bonchev–Trinajstić information content (AvgIpc) is 2.38. The van der Waals surface area contributed by atoms with E-state index in [-0.39, 0.29) is 17.7 Å². The number of hydrogen-bond acceptors (Lipinski definition) is 3. The van der Waals surface area contributed by atoms with Crippen LogP contribution in [0.15, 0.2) is 18.2 Å². The van der Waals surface area contributed by atoms with Gasteiger partial charge in [-0.05, 0) is 34.1 Å². The molecule has 0 aromatic heterocycles. The van der Waals surface area contributed by atoms with E-state index in [1.54, 1.807) is 25.2 Å². The van der Waals surface area contributed by atoms with Crippen molar-refractivity contribution in [3.8, 4) is 5.75 Å². The summed E-state index contributed by atoms with van der Waals surface area (Å²) in [5.74, 6) is 0.0118. The first-order valence-electron chi connectivity index (χ1n) is 5.94. The van der Waals surface area contributed by atoms with Crippen LogP contribution in [0.3, 0.4) is 0 Å². The summed E-state index contributed by atoms with van der Waals surface area (Å²) >= 11 is 3.34. The molecule has 6 heteroatoms. The summed E-state index contributed by atoms with van der Waals surface area (Å²) in [4.78, 5) is 23.6. The molecule has 0 saturated carbocycles. The molecule has 1 unspecified atom stereocenters. The smallest absolute Gasteiger partial charge is 0.280 e. The maximum absolute atomic E-state index is 12.1. The van der Waals surface area contributed by atoms with Crippen LogP contribution < -0.4 is 15.4 Å². The van der Waals surface area contributed by atoms with Gasteiger partial charge in [-0.15, -0.1) is 0 Å². The lowest BCUT2D eigenvalue weighted by atomic mass is 10.0. The van der Waals surface area contributed by atoms with E-state index >= 15 is 0 Å². The molecule has 1 atom stereocenters. The van der Waals surface area contributed by atoms with E-state index in [0.717, 1.165) is 0 Å². The number of halogens is 1. The van der Waals surface area contributed by atoms with Gasteiger partial charge in [0.2, 0.25) is 4.51 Å². The molecule has 0 saturated heterocycles. The Kier molecular flexibility index (Phi) is 3.54. The van der Waals surface area contributed by atoms with Crippen molar-refractivity contribution in [2.45, 2.75) is 18.4 Å². The highest BCUT2D eigenvalue weighted by molar-refractivity contribution is 9.10. The van der Waals surface area contributed by atoms with Crippen molar-refractivity contribution in [1.82, 2.24) is 5.32 Å². The zero-order chi connectivity index (χ0) is 14.2. The van der Waals surface area contributed by atoms with E-state index in [1.165, 1.54) is 0 Å². The Bertz CT molecular complexity index is 545. The molecule has 1 aromatic carbocycles. The molecule has 1 aliphatic rings. The molecule has 0 fully saturated rings. The SMILES string of the molecule is CNC(=O)c1ccc2c(c1)NC(=O)C(Br)(C(C)C)O2. The number of benzene rings is 1. The predicted octanol–water partition coefficient (Wildman–Crippen LogP) is 2.12. The molecule has 2 amide bonds. The number of carbonyl (C=O) groups is 2. The molecule has 0 spiro atoms. The number of alkyl halides is 1. The van der Waals surface area contributed by atoms with Gasteiger partial charge in [0.25, 0.3) is 11.8 Å². The highest BCUT2D eigenvalue weighted by Gasteiger charge is 2.45. The second-order valence-electron chi connectivity index (χ2n) is 4.65. The quantitative estimate of drug-likeness (QED) is 0.818. The minimum atomic E-state index is -1.07. The molecule has 2 rings (SSSR count). The van der Waals surface area contributed by atoms with E-state index < -0.39 is 4.51 Å². The van der Waals surface area contributed by atoms with Gasteiger partial charge in [-0.3, -0.25) is 9.59 Å². The van der Waals surface area contributed by atoms with E-state index in [2.05, 4.69) is 26.6 Å². The average molecular weight is 327 g/mol. The molecule has 0 aliphatic carbocycles. The van der Waals surface area contributed by atoms with Crippen molar-refractivity contribution in [3.05, 3.63) is 23.8 Å². The van der Waals surface area contributed by atoms with Crippen LogP contribution in [0.5, 0.6) is 5.75 Å². The van der Waals surface area contributed by atoms with Gasteiger partial charge in [-0.1, -0.05) is 13.8 Å². The van der Waals surface area contributed by atoms with E-state index in [4.69, 9.17) is 4.74 Å². The molecule has 0 bridgehead atoms. The largest absolute Gasteiger partial charge is 0.464 e. The first kappa shape index (κ1) is 13.9. The number of ether oxygens (including phenoxy) is 1. The lowest BCUT2D eigenvalue weighted by Gasteiger charge is -2.35. The lowest BCUT2D eigenvalue weighted by molar-refractivity contribution is -0.127. The molecular weight excluding hydrogens is 312 g/mol. The van der Waals surface area contributed by atoms with Crippen LogP contribution >= 0.6 is 15.9 Å². The molecule has 102 valence electrons. The van der Waals surface area contributed by atoms with E-state index in [1.807, 2.05) is 13.8 Å². The number of nitrogens with one attached hydrogen (secondary N) is 2. The minimum absolute atomic E-state index is 0.0423. The normalized spacial score (nSPS) is 21.4. The Balaban J connectivity index is 2.39. The van der Waals surface area contributed by atoms with Crippen molar-refractivity contribution in [1.29, 1.82) is 0 Å². The predicted molar refractivity (Wildman–Crippen MR) is 75.6 cm³/mol. The van der Waals surface area contributed by atoms with Gasteiger partial charge in [0.1, 0.15) is 5.75 Å². The van der Waals surface area contributed by atoms with Crippen LogP contribution in [0.25, 0.3) is 0 Å². The van der Waals surface area contributed by atoms with Crippen molar-refractivity contribution in [2.24, 2.45) is 5.92 Å². The summed E-state index contributed by atoms with van der Waals surface area (Å²) in [5, 5.41) is 5.29. The molecule has 0 radical (unpaired) electrons. The molecule has 2 N–H and O–H groups in total. The van der Waals surface area contributed by atoms with Gasteiger partial charge in [0.05, 0.1) is 5.69 Å². The van der Waals surface area contributed by atoms with Gasteiger partial charge in [0.15, 0.2) is 0 Å². The van der Waals surface area contributed by atoms with E-state index in [0.29, 0.717) is 17.0 Å². The Hall–Kier alpha value is -1.56. The Morgan fingerprint density at radius 2 is 2.16 bits per heavy atom. The molecular formula is C13H15BrN2O3. The lowest BCUT2D eigenvalue weighted by Crippen LogP contribution is -2.49. The van der Waals surface area contributed by atoms with Crippen LogP contribution in [-0.4, -0.2) is 23.4 Å². The van der Waals surface area contributed by atoms with E-state index in [9.17, 15) is 9.59 Å². The van der Waals surface area contributed by atoms with Crippen LogP contribution in [0.4, 0.5) is 5.69 Å². The first-order valence-corrected chi connectivity index (χ1v) is 6.73. The number of amides is 2. The number of carbonyl (C=O) groups excluding carboxylic acids is 2. The summed E-state index contributed by atoms with van der Waals surface area (Å²) in [6, 6.07) is 4.93. The second-order valence-corrected chi connectivity index (χ2v) is 5.82. The molecule has 1 heterocycles. The number of hydrogen-bond donors (Lipinski definition) is 2. The maximum Gasteiger partial charge on any atom is 0.280 e. The fourth-order valence-electron chi connectivity index (χ4n) is 1.80. The molecule has 1 aliphatic heterocycles. The van der Waals surface area contributed by atoms with Crippen molar-refractivity contribution >= 4 is 33.4 Å². The summed E-state index contributed by atoms with van der Waals surface area (Å²) in [6.07, 6.45) is 0. The number of rotatable bonds is 2. The van der Waals surface area contributed by atoms with Crippen LogP contribution in [0, 0.1) is 5.92 Å². The summed E-state index contributed by atoms with van der Waals surface area (Å²) in [7, 11) is 1.55. The fraction of sp³-hybridized carbons (Fsp3) is 0.385. The van der Waals surface area contributed by atoms with Crippen molar-refractivity contribution in [2.75, 3.05) is 12.4 Å². The molecule has 19 heavy (non-hydrogen) atoms. The number of fused-ring (bicyclic) bond motifs is 1. The zero-order valence-electron chi connectivity index (χ0n) is 10.9. The highest BCUT2D eigenvalue weighted by Crippen LogP contribution is 2.40. The van der Waals surface area contributed by atoms with Gasteiger partial charge < -0.3 is 15.4 Å². The summed E-state index contributed by atoms with van der Waals surface area (Å²) in [6.45, 7) is 3.77. The van der Waals surface area contributed by atoms with Gasteiger partial charge >= 0.3 is 0 Å². The third kappa shape index (κ3) is 2.32. The van der Waals surface area contributed by atoms with Gasteiger partial charge in [0, 0.05) is 18.5 Å². The Labute approximate surface area is 119 Å². The van der Waals surface area contributed by atoms with Crippen LogP contribution in [0.1, 0.15) is 24.2 Å².